The van der Waals surface area contributed by atoms with E-state index in [1.807, 2.05) is 7.05 Å². The summed E-state index contributed by atoms with van der Waals surface area (Å²) in [7, 11) is 6.13. The van der Waals surface area contributed by atoms with Crippen LogP contribution in [-0.4, -0.2) is 57.3 Å². The molecule has 142 valence electrons. The van der Waals surface area contributed by atoms with Crippen LogP contribution >= 0.6 is 24.0 Å². The number of benzene rings is 1. The van der Waals surface area contributed by atoms with E-state index in [4.69, 9.17) is 4.74 Å². The smallest absolute Gasteiger partial charge is 0.191 e. The van der Waals surface area contributed by atoms with Gasteiger partial charge in [-0.05, 0) is 51.9 Å². The summed E-state index contributed by atoms with van der Waals surface area (Å²) < 4.78 is 5.54. The maximum absolute atomic E-state index is 5.54. The molecular formula is C19H33IN4O. The Morgan fingerprint density at radius 3 is 2.48 bits per heavy atom. The molecule has 0 spiro atoms. The molecule has 1 aliphatic heterocycles. The summed E-state index contributed by atoms with van der Waals surface area (Å²) in [5.41, 5.74) is 2.72. The molecule has 6 heteroatoms. The van der Waals surface area contributed by atoms with E-state index in [1.54, 1.807) is 0 Å². The van der Waals surface area contributed by atoms with E-state index in [2.05, 4.69) is 72.7 Å². The van der Waals surface area contributed by atoms with Gasteiger partial charge in [-0.2, -0.15) is 0 Å². The standard InChI is InChI=1S/C19H32N4O.HI/c1-15-8-6-7-9-17(15)16(2)22-18(20-3)21-14-19(23(4)5)10-12-24-13-11-19;/h6-9,16H,10-14H2,1-5H3,(H2,20,21,22);1H. The first-order valence-electron chi connectivity index (χ1n) is 8.76. The highest BCUT2D eigenvalue weighted by molar-refractivity contribution is 14.0. The lowest BCUT2D eigenvalue weighted by atomic mass is 9.88. The first kappa shape index (κ1) is 22.2. The summed E-state index contributed by atoms with van der Waals surface area (Å²) in [4.78, 5) is 6.72. The Labute approximate surface area is 169 Å². The van der Waals surface area contributed by atoms with E-state index >= 15 is 0 Å². The second kappa shape index (κ2) is 10.3. The van der Waals surface area contributed by atoms with Crippen LogP contribution in [0.5, 0.6) is 0 Å². The zero-order valence-electron chi connectivity index (χ0n) is 16.1. The molecule has 1 heterocycles. The molecular weight excluding hydrogens is 427 g/mol. The summed E-state index contributed by atoms with van der Waals surface area (Å²) in [5, 5.41) is 7.03. The molecule has 1 aromatic carbocycles. The zero-order chi connectivity index (χ0) is 17.6. The van der Waals surface area contributed by atoms with Crippen molar-refractivity contribution in [2.24, 2.45) is 4.99 Å². The van der Waals surface area contributed by atoms with Crippen LogP contribution in [-0.2, 0) is 4.74 Å². The maximum atomic E-state index is 5.54. The minimum absolute atomic E-state index is 0. The van der Waals surface area contributed by atoms with Crippen molar-refractivity contribution in [3.05, 3.63) is 35.4 Å². The molecule has 1 saturated heterocycles. The number of nitrogens with zero attached hydrogens (tertiary/aromatic N) is 2. The average molecular weight is 460 g/mol. The minimum Gasteiger partial charge on any atom is -0.381 e. The summed E-state index contributed by atoms with van der Waals surface area (Å²) in [6, 6.07) is 8.68. The van der Waals surface area contributed by atoms with Crippen LogP contribution in [0.1, 0.15) is 36.9 Å². The molecule has 1 unspecified atom stereocenters. The molecule has 0 aliphatic carbocycles. The molecule has 1 aliphatic rings. The summed E-state index contributed by atoms with van der Waals surface area (Å²) in [5.74, 6) is 0.846. The molecule has 0 bridgehead atoms. The quantitative estimate of drug-likeness (QED) is 0.403. The van der Waals surface area contributed by atoms with Gasteiger partial charge in [-0.1, -0.05) is 24.3 Å². The van der Waals surface area contributed by atoms with Crippen LogP contribution in [0, 0.1) is 6.92 Å². The molecule has 2 N–H and O–H groups in total. The molecule has 1 fully saturated rings. The number of ether oxygens (including phenoxy) is 1. The fourth-order valence-electron chi connectivity index (χ4n) is 3.33. The fraction of sp³-hybridized carbons (Fsp3) is 0.632. The largest absolute Gasteiger partial charge is 0.381 e. The SMILES string of the molecule is CN=C(NCC1(N(C)C)CCOCC1)NC(C)c1ccccc1C.I. The van der Waals surface area contributed by atoms with Crippen molar-refractivity contribution in [3.8, 4) is 0 Å². The number of hydrogen-bond donors (Lipinski definition) is 2. The summed E-state index contributed by atoms with van der Waals surface area (Å²) >= 11 is 0. The first-order valence-corrected chi connectivity index (χ1v) is 8.76. The lowest BCUT2D eigenvalue weighted by Gasteiger charge is -2.43. The highest BCUT2D eigenvalue weighted by atomic mass is 127. The van der Waals surface area contributed by atoms with E-state index in [1.165, 1.54) is 11.1 Å². The molecule has 0 amide bonds. The molecule has 2 rings (SSSR count). The number of aryl methyl sites for hydroxylation is 1. The first-order chi connectivity index (χ1) is 11.5. The summed E-state index contributed by atoms with van der Waals surface area (Å²) in [6.45, 7) is 6.83. The fourth-order valence-corrected chi connectivity index (χ4v) is 3.33. The predicted molar refractivity (Wildman–Crippen MR) is 116 cm³/mol. The van der Waals surface area contributed by atoms with Gasteiger partial charge in [0.05, 0.1) is 6.04 Å². The van der Waals surface area contributed by atoms with Crippen molar-refractivity contribution in [1.82, 2.24) is 15.5 Å². The third-order valence-electron chi connectivity index (χ3n) is 5.19. The molecule has 0 aromatic heterocycles. The molecule has 5 nitrogen and oxygen atoms in total. The van der Waals surface area contributed by atoms with Gasteiger partial charge in [0.2, 0.25) is 0 Å². The number of aliphatic imine (C=N–C) groups is 1. The van der Waals surface area contributed by atoms with E-state index < -0.39 is 0 Å². The maximum Gasteiger partial charge on any atom is 0.191 e. The predicted octanol–water partition coefficient (Wildman–Crippen LogP) is 2.95. The number of guanidine groups is 1. The number of nitrogens with one attached hydrogen (secondary N) is 2. The second-order valence-corrected chi connectivity index (χ2v) is 6.88. The van der Waals surface area contributed by atoms with Crippen LogP contribution in [0.15, 0.2) is 29.3 Å². The molecule has 25 heavy (non-hydrogen) atoms. The van der Waals surface area contributed by atoms with Crippen molar-refractivity contribution in [2.45, 2.75) is 38.3 Å². The highest BCUT2D eigenvalue weighted by Gasteiger charge is 2.34. The Kier molecular flexibility index (Phi) is 9.16. The molecule has 1 atom stereocenters. The Morgan fingerprint density at radius 2 is 1.92 bits per heavy atom. The number of likely N-dealkylation sites (N-methyl/N-ethyl adjacent to an activating group) is 1. The zero-order valence-corrected chi connectivity index (χ0v) is 18.5. The van der Waals surface area contributed by atoms with Gasteiger partial charge < -0.3 is 20.3 Å². The van der Waals surface area contributed by atoms with Crippen molar-refractivity contribution in [1.29, 1.82) is 0 Å². The number of halogens is 1. The third kappa shape index (κ3) is 5.82. The third-order valence-corrected chi connectivity index (χ3v) is 5.19. The Morgan fingerprint density at radius 1 is 1.28 bits per heavy atom. The van der Waals surface area contributed by atoms with E-state index in [0.29, 0.717) is 0 Å². The van der Waals surface area contributed by atoms with Crippen LogP contribution in [0.2, 0.25) is 0 Å². The summed E-state index contributed by atoms with van der Waals surface area (Å²) in [6.07, 6.45) is 2.08. The highest BCUT2D eigenvalue weighted by Crippen LogP contribution is 2.25. The lowest BCUT2D eigenvalue weighted by Crippen LogP contribution is -2.57. The van der Waals surface area contributed by atoms with Gasteiger partial charge in [-0.3, -0.25) is 4.99 Å². The second-order valence-electron chi connectivity index (χ2n) is 6.88. The van der Waals surface area contributed by atoms with Crippen molar-refractivity contribution >= 4 is 29.9 Å². The molecule has 0 radical (unpaired) electrons. The normalized spacial score (nSPS) is 18.4. The number of hydrogen-bond acceptors (Lipinski definition) is 3. The van der Waals surface area contributed by atoms with Crippen molar-refractivity contribution in [3.63, 3.8) is 0 Å². The van der Waals surface area contributed by atoms with Crippen LogP contribution in [0.4, 0.5) is 0 Å². The monoisotopic (exact) mass is 460 g/mol. The molecule has 1 aromatic rings. The topological polar surface area (TPSA) is 48.9 Å². The van der Waals surface area contributed by atoms with Gasteiger partial charge in [0.1, 0.15) is 0 Å². The van der Waals surface area contributed by atoms with Crippen LogP contribution in [0.3, 0.4) is 0 Å². The Balaban J connectivity index is 0.00000312. The van der Waals surface area contributed by atoms with Crippen molar-refractivity contribution < 1.29 is 4.74 Å². The van der Waals surface area contributed by atoms with Gasteiger partial charge in [0, 0.05) is 32.3 Å². The Hall–Kier alpha value is -0.860. The average Bonchev–Trinajstić information content (AvgIpc) is 2.59. The minimum atomic E-state index is 0. The van der Waals surface area contributed by atoms with Gasteiger partial charge in [-0.25, -0.2) is 0 Å². The van der Waals surface area contributed by atoms with Gasteiger partial charge in [0.15, 0.2) is 5.96 Å². The van der Waals surface area contributed by atoms with Gasteiger partial charge in [-0.15, -0.1) is 24.0 Å². The van der Waals surface area contributed by atoms with E-state index in [0.717, 1.165) is 38.6 Å². The Bertz CT molecular complexity index is 556. The van der Waals surface area contributed by atoms with Crippen LogP contribution in [0.25, 0.3) is 0 Å². The molecule has 0 saturated carbocycles. The van der Waals surface area contributed by atoms with Gasteiger partial charge >= 0.3 is 0 Å². The number of rotatable bonds is 5. The van der Waals surface area contributed by atoms with Gasteiger partial charge in [0.25, 0.3) is 0 Å². The van der Waals surface area contributed by atoms with E-state index in [9.17, 15) is 0 Å². The van der Waals surface area contributed by atoms with Crippen LogP contribution < -0.4 is 10.6 Å². The van der Waals surface area contributed by atoms with Crippen molar-refractivity contribution in [2.75, 3.05) is 40.9 Å². The van der Waals surface area contributed by atoms with E-state index in [-0.39, 0.29) is 35.6 Å². The lowest BCUT2D eigenvalue weighted by molar-refractivity contribution is -0.00502.